The van der Waals surface area contributed by atoms with Crippen molar-refractivity contribution in [1.29, 1.82) is 0 Å². The molecule has 0 aromatic carbocycles. The van der Waals surface area contributed by atoms with Gasteiger partial charge in [-0.25, -0.2) is 4.98 Å². The average molecular weight is 173 g/mol. The van der Waals surface area contributed by atoms with Crippen LogP contribution >= 0.6 is 11.6 Å². The Morgan fingerprint density at radius 2 is 2.36 bits per heavy atom. The molecule has 5 heteroatoms. The summed E-state index contributed by atoms with van der Waals surface area (Å²) in [5.41, 5.74) is 4.69. The number of hydrogen-bond acceptors (Lipinski definition) is 3. The van der Waals surface area contributed by atoms with Crippen molar-refractivity contribution in [3.63, 3.8) is 0 Å². The maximum atomic E-state index is 10.5. The Morgan fingerprint density at radius 3 is 2.82 bits per heavy atom. The first-order valence-electron chi connectivity index (χ1n) is 2.75. The molecule has 1 rings (SSSR count). The maximum absolute atomic E-state index is 10.5. The molecule has 0 spiro atoms. The molecule has 0 atom stereocenters. The van der Waals surface area contributed by atoms with Crippen molar-refractivity contribution in [2.45, 2.75) is 0 Å². The van der Waals surface area contributed by atoms with Crippen molar-refractivity contribution in [3.8, 4) is 5.75 Å². The third-order valence-corrected chi connectivity index (χ3v) is 1.27. The summed E-state index contributed by atoms with van der Waals surface area (Å²) in [5, 5.41) is 9.27. The van der Waals surface area contributed by atoms with Gasteiger partial charge in [-0.05, 0) is 0 Å². The molecule has 0 radical (unpaired) electrons. The van der Waals surface area contributed by atoms with Gasteiger partial charge in [0, 0.05) is 12.3 Å². The Kier molecular flexibility index (Phi) is 1.96. The molecule has 0 fully saturated rings. The molecule has 0 unspecified atom stereocenters. The van der Waals surface area contributed by atoms with Crippen molar-refractivity contribution < 1.29 is 9.90 Å². The van der Waals surface area contributed by atoms with Crippen LogP contribution in [-0.2, 0) is 0 Å². The van der Waals surface area contributed by atoms with Crippen LogP contribution in [0.3, 0.4) is 0 Å². The fraction of sp³-hybridized carbons (Fsp3) is 0. The van der Waals surface area contributed by atoms with Gasteiger partial charge in [-0.1, -0.05) is 11.6 Å². The highest BCUT2D eigenvalue weighted by molar-refractivity contribution is 6.30. The number of hydrogen-bond donors (Lipinski definition) is 2. The quantitative estimate of drug-likeness (QED) is 0.649. The van der Waals surface area contributed by atoms with E-state index in [-0.39, 0.29) is 16.5 Å². The Morgan fingerprint density at radius 1 is 1.73 bits per heavy atom. The van der Waals surface area contributed by atoms with Crippen LogP contribution in [0, 0.1) is 0 Å². The molecule has 4 nitrogen and oxygen atoms in total. The zero-order chi connectivity index (χ0) is 8.43. The van der Waals surface area contributed by atoms with E-state index >= 15 is 0 Å². The van der Waals surface area contributed by atoms with Crippen molar-refractivity contribution >= 4 is 17.5 Å². The lowest BCUT2D eigenvalue weighted by molar-refractivity contribution is 0.0993. The van der Waals surface area contributed by atoms with Crippen LogP contribution < -0.4 is 5.73 Å². The van der Waals surface area contributed by atoms with Gasteiger partial charge < -0.3 is 10.8 Å². The van der Waals surface area contributed by atoms with Crippen molar-refractivity contribution in [3.05, 3.63) is 23.0 Å². The summed E-state index contributed by atoms with van der Waals surface area (Å²) < 4.78 is 0. The monoisotopic (exact) mass is 172 g/mol. The second-order valence-electron chi connectivity index (χ2n) is 1.89. The van der Waals surface area contributed by atoms with Crippen LogP contribution in [0.1, 0.15) is 10.5 Å². The number of nitrogens with two attached hydrogens (primary N) is 1. The van der Waals surface area contributed by atoms with Crippen molar-refractivity contribution in [2.75, 3.05) is 0 Å². The first-order chi connectivity index (χ1) is 5.11. The summed E-state index contributed by atoms with van der Waals surface area (Å²) in [7, 11) is 0. The van der Waals surface area contributed by atoms with Crippen LogP contribution in [0.25, 0.3) is 0 Å². The van der Waals surface area contributed by atoms with Gasteiger partial charge in [0.25, 0.3) is 5.91 Å². The van der Waals surface area contributed by atoms with E-state index < -0.39 is 5.91 Å². The first kappa shape index (κ1) is 7.81. The first-order valence-corrected chi connectivity index (χ1v) is 3.13. The van der Waals surface area contributed by atoms with Crippen molar-refractivity contribution in [2.24, 2.45) is 5.73 Å². The van der Waals surface area contributed by atoms with E-state index in [2.05, 4.69) is 4.98 Å². The Balaban J connectivity index is 3.20. The molecule has 0 aliphatic rings. The molecule has 0 aliphatic heterocycles. The normalized spacial score (nSPS) is 9.55. The zero-order valence-corrected chi connectivity index (χ0v) is 6.17. The lowest BCUT2D eigenvalue weighted by Crippen LogP contribution is -2.12. The second kappa shape index (κ2) is 2.75. The molecule has 0 saturated carbocycles. The number of amides is 1. The zero-order valence-electron chi connectivity index (χ0n) is 5.41. The molecule has 11 heavy (non-hydrogen) atoms. The minimum atomic E-state index is -0.779. The average Bonchev–Trinajstić information content (AvgIpc) is 1.85. The Labute approximate surface area is 67.6 Å². The predicted octanol–water partition coefficient (Wildman–Crippen LogP) is 0.539. The van der Waals surface area contributed by atoms with Crippen molar-refractivity contribution in [1.82, 2.24) is 4.98 Å². The summed E-state index contributed by atoms with van der Waals surface area (Å²) in [6.07, 6.45) is 1.24. The van der Waals surface area contributed by atoms with Gasteiger partial charge in [0.15, 0.2) is 5.69 Å². The molecule has 0 bridgehead atoms. The van der Waals surface area contributed by atoms with E-state index in [0.717, 1.165) is 0 Å². The third-order valence-electron chi connectivity index (χ3n) is 1.07. The van der Waals surface area contributed by atoms with Crippen LogP contribution in [0.4, 0.5) is 0 Å². The number of primary amides is 1. The van der Waals surface area contributed by atoms with E-state index in [9.17, 15) is 4.79 Å². The molecule has 0 aliphatic carbocycles. The molecule has 3 N–H and O–H groups in total. The number of carbonyl (C=O) groups is 1. The predicted molar refractivity (Wildman–Crippen MR) is 39.4 cm³/mol. The molecule has 1 amide bonds. The fourth-order valence-corrected chi connectivity index (χ4v) is 0.771. The van der Waals surface area contributed by atoms with Gasteiger partial charge >= 0.3 is 0 Å². The SMILES string of the molecule is NC(=O)c1ncc(Cl)cc1O. The highest BCUT2D eigenvalue weighted by atomic mass is 35.5. The highest BCUT2D eigenvalue weighted by Gasteiger charge is 2.08. The second-order valence-corrected chi connectivity index (χ2v) is 2.32. The van der Waals surface area contributed by atoms with E-state index in [1.807, 2.05) is 0 Å². The minimum absolute atomic E-state index is 0.172. The number of rotatable bonds is 1. The standard InChI is InChI=1S/C6H5ClN2O2/c7-3-1-4(10)5(6(8)11)9-2-3/h1-2,10H,(H2,8,11). The Hall–Kier alpha value is -1.29. The summed E-state index contributed by atoms with van der Waals surface area (Å²) in [6.45, 7) is 0. The van der Waals surface area contributed by atoms with E-state index in [1.54, 1.807) is 0 Å². The van der Waals surface area contributed by atoms with Gasteiger partial charge in [-0.3, -0.25) is 4.79 Å². The molecule has 1 aromatic heterocycles. The Bertz CT molecular complexity index is 301. The van der Waals surface area contributed by atoms with Gasteiger partial charge in [-0.2, -0.15) is 0 Å². The van der Waals surface area contributed by atoms with Crippen LogP contribution in [-0.4, -0.2) is 16.0 Å². The summed E-state index contributed by atoms with van der Waals surface area (Å²) in [5.74, 6) is -1.08. The molecule has 0 saturated heterocycles. The molecule has 1 aromatic rings. The van der Waals surface area contributed by atoms with Gasteiger partial charge in [0.1, 0.15) is 5.75 Å². The van der Waals surface area contributed by atoms with Crippen LogP contribution in [0.15, 0.2) is 12.3 Å². The van der Waals surface area contributed by atoms with Gasteiger partial charge in [0.2, 0.25) is 0 Å². The van der Waals surface area contributed by atoms with Gasteiger partial charge in [-0.15, -0.1) is 0 Å². The topological polar surface area (TPSA) is 76.2 Å². The summed E-state index contributed by atoms with van der Waals surface area (Å²) in [6, 6.07) is 1.20. The van der Waals surface area contributed by atoms with Crippen LogP contribution in [0.5, 0.6) is 5.75 Å². The van der Waals surface area contributed by atoms with E-state index in [4.69, 9.17) is 22.4 Å². The third kappa shape index (κ3) is 1.59. The number of aromatic nitrogens is 1. The van der Waals surface area contributed by atoms with Crippen LogP contribution in [0.2, 0.25) is 5.02 Å². The number of aromatic hydroxyl groups is 1. The fourth-order valence-electron chi connectivity index (χ4n) is 0.618. The number of halogens is 1. The molecule has 1 heterocycles. The maximum Gasteiger partial charge on any atom is 0.271 e. The smallest absolute Gasteiger partial charge is 0.271 e. The number of pyridine rings is 1. The summed E-state index contributed by atoms with van der Waals surface area (Å²) >= 11 is 5.45. The minimum Gasteiger partial charge on any atom is -0.505 e. The largest absolute Gasteiger partial charge is 0.505 e. The van der Waals surface area contributed by atoms with Gasteiger partial charge in [0.05, 0.1) is 5.02 Å². The van der Waals surface area contributed by atoms with E-state index in [1.165, 1.54) is 12.3 Å². The molecule has 58 valence electrons. The lowest BCUT2D eigenvalue weighted by Gasteiger charge is -1.97. The molecular formula is C6H5ClN2O2. The van der Waals surface area contributed by atoms with E-state index in [0.29, 0.717) is 0 Å². The summed E-state index contributed by atoms with van der Waals surface area (Å²) in [4.78, 5) is 14.0. The lowest BCUT2D eigenvalue weighted by atomic mass is 10.3. The number of nitrogens with zero attached hydrogens (tertiary/aromatic N) is 1. The highest BCUT2D eigenvalue weighted by Crippen LogP contribution is 2.18. The molecular weight excluding hydrogens is 168 g/mol. The number of carbonyl (C=O) groups excluding carboxylic acids is 1.